The Balaban J connectivity index is 2.26. The number of fused-ring (bicyclic) bond motifs is 1. The molecule has 1 aliphatic carbocycles. The number of aliphatic carboxylic acids is 1. The maximum Gasteiger partial charge on any atom is 0.471 e. The Morgan fingerprint density at radius 2 is 1.76 bits per heavy atom. The molecular formula is C15H21F3N2O5. The minimum absolute atomic E-state index is 0.0575. The number of alkyl halides is 3. The van der Waals surface area contributed by atoms with Crippen molar-refractivity contribution in [3.8, 4) is 0 Å². The van der Waals surface area contributed by atoms with Gasteiger partial charge in [-0.2, -0.15) is 13.2 Å². The molecule has 10 heteroatoms. The van der Waals surface area contributed by atoms with E-state index in [1.165, 1.54) is 5.32 Å². The zero-order valence-corrected chi connectivity index (χ0v) is 14.2. The summed E-state index contributed by atoms with van der Waals surface area (Å²) in [5.41, 5.74) is -2.29. The molecule has 2 aliphatic rings. The lowest BCUT2D eigenvalue weighted by Gasteiger charge is -2.36. The van der Waals surface area contributed by atoms with Gasteiger partial charge in [-0.15, -0.1) is 0 Å². The highest BCUT2D eigenvalue weighted by Crippen LogP contribution is 2.64. The van der Waals surface area contributed by atoms with Crippen LogP contribution in [0.4, 0.5) is 13.2 Å². The van der Waals surface area contributed by atoms with E-state index < -0.39 is 41.6 Å². The topological polar surface area (TPSA) is 107 Å². The van der Waals surface area contributed by atoms with Crippen LogP contribution in [0.25, 0.3) is 0 Å². The van der Waals surface area contributed by atoms with Crippen molar-refractivity contribution in [2.24, 2.45) is 17.3 Å². The van der Waals surface area contributed by atoms with E-state index >= 15 is 0 Å². The fourth-order valence-corrected chi connectivity index (χ4v) is 3.71. The molecule has 1 aliphatic heterocycles. The first-order valence-corrected chi connectivity index (χ1v) is 7.73. The molecule has 1 unspecified atom stereocenters. The number of nitrogens with zero attached hydrogens (tertiary/aromatic N) is 1. The highest BCUT2D eigenvalue weighted by atomic mass is 19.4. The number of rotatable bonds is 4. The lowest BCUT2D eigenvalue weighted by molar-refractivity contribution is -0.177. The Morgan fingerprint density at radius 3 is 2.16 bits per heavy atom. The van der Waals surface area contributed by atoms with Crippen molar-refractivity contribution in [3.63, 3.8) is 0 Å². The SMILES string of the molecule is CC(C)(O)C(NC(=O)C(F)(F)F)C(=O)N1C[C@H]2[C@@H]([C@H]1C(=O)O)C2(C)C. The molecular weight excluding hydrogens is 345 g/mol. The predicted molar refractivity (Wildman–Crippen MR) is 78.2 cm³/mol. The van der Waals surface area contributed by atoms with E-state index in [0.717, 1.165) is 18.7 Å². The summed E-state index contributed by atoms with van der Waals surface area (Å²) in [6, 6.07) is -3.11. The summed E-state index contributed by atoms with van der Waals surface area (Å²) >= 11 is 0. The van der Waals surface area contributed by atoms with Gasteiger partial charge in [-0.1, -0.05) is 13.8 Å². The van der Waals surface area contributed by atoms with Crippen molar-refractivity contribution in [1.29, 1.82) is 0 Å². The van der Waals surface area contributed by atoms with Crippen molar-refractivity contribution in [1.82, 2.24) is 10.2 Å². The molecule has 0 spiro atoms. The molecule has 142 valence electrons. The molecule has 3 N–H and O–H groups in total. The number of aliphatic hydroxyl groups is 1. The molecule has 1 saturated heterocycles. The first-order chi connectivity index (χ1) is 11.1. The number of carboxylic acid groups (broad SMARTS) is 1. The molecule has 1 saturated carbocycles. The van der Waals surface area contributed by atoms with Gasteiger partial charge in [-0.05, 0) is 25.2 Å². The maximum atomic E-state index is 12.7. The van der Waals surface area contributed by atoms with Gasteiger partial charge in [-0.25, -0.2) is 4.79 Å². The second-order valence-corrected chi connectivity index (χ2v) is 7.79. The van der Waals surface area contributed by atoms with Crippen molar-refractivity contribution >= 4 is 17.8 Å². The van der Waals surface area contributed by atoms with Crippen LogP contribution in [-0.4, -0.2) is 63.3 Å². The van der Waals surface area contributed by atoms with Gasteiger partial charge < -0.3 is 20.4 Å². The molecule has 1 heterocycles. The number of halogens is 3. The van der Waals surface area contributed by atoms with Crippen molar-refractivity contribution in [3.05, 3.63) is 0 Å². The average molecular weight is 366 g/mol. The van der Waals surface area contributed by atoms with E-state index in [1.54, 1.807) is 0 Å². The monoisotopic (exact) mass is 366 g/mol. The quantitative estimate of drug-likeness (QED) is 0.667. The largest absolute Gasteiger partial charge is 0.480 e. The summed E-state index contributed by atoms with van der Waals surface area (Å²) in [6.07, 6.45) is -5.23. The van der Waals surface area contributed by atoms with Crippen LogP contribution in [0, 0.1) is 17.3 Å². The normalized spacial score (nSPS) is 29.0. The Morgan fingerprint density at radius 1 is 1.24 bits per heavy atom. The molecule has 7 nitrogen and oxygen atoms in total. The third kappa shape index (κ3) is 3.31. The average Bonchev–Trinajstić information content (AvgIpc) is 2.82. The van der Waals surface area contributed by atoms with Crippen LogP contribution < -0.4 is 5.32 Å². The smallest absolute Gasteiger partial charge is 0.471 e. The van der Waals surface area contributed by atoms with Gasteiger partial charge in [0.1, 0.15) is 12.1 Å². The maximum absolute atomic E-state index is 12.7. The number of amides is 2. The molecule has 2 amide bonds. The molecule has 2 fully saturated rings. The van der Waals surface area contributed by atoms with Gasteiger partial charge in [0.15, 0.2) is 0 Å². The third-order valence-corrected chi connectivity index (χ3v) is 5.23. The summed E-state index contributed by atoms with van der Waals surface area (Å²) in [7, 11) is 0. The Kier molecular flexibility index (Phi) is 4.35. The summed E-state index contributed by atoms with van der Waals surface area (Å²) in [6.45, 7) is 5.92. The van der Waals surface area contributed by atoms with Crippen LogP contribution in [0.15, 0.2) is 0 Å². The van der Waals surface area contributed by atoms with E-state index in [4.69, 9.17) is 0 Å². The second-order valence-electron chi connectivity index (χ2n) is 7.79. The molecule has 0 bridgehead atoms. The van der Waals surface area contributed by atoms with Crippen LogP contribution in [-0.2, 0) is 14.4 Å². The standard InChI is InChI=1S/C15H21F3N2O5/c1-13(2)6-5-20(8(7(6)13)11(22)23)10(21)9(14(3,4)25)19-12(24)15(16,17)18/h6-9,25H,5H2,1-4H3,(H,19,24)(H,22,23)/t6-,7-,8-,9?/m0/s1. The van der Waals surface area contributed by atoms with Gasteiger partial charge in [0.2, 0.25) is 5.91 Å². The second kappa shape index (κ2) is 5.58. The van der Waals surface area contributed by atoms with Gasteiger partial charge in [0, 0.05) is 12.5 Å². The van der Waals surface area contributed by atoms with Crippen LogP contribution in [0.1, 0.15) is 27.7 Å². The zero-order valence-electron chi connectivity index (χ0n) is 14.2. The fraction of sp³-hybridized carbons (Fsp3) is 0.800. The number of hydrogen-bond acceptors (Lipinski definition) is 4. The Hall–Kier alpha value is -1.84. The van der Waals surface area contributed by atoms with Gasteiger partial charge in [0.05, 0.1) is 5.60 Å². The van der Waals surface area contributed by atoms with Gasteiger partial charge in [0.25, 0.3) is 0 Å². The molecule has 4 atom stereocenters. The summed E-state index contributed by atoms with van der Waals surface area (Å²) in [5.74, 6) is -5.07. The highest BCUT2D eigenvalue weighted by molar-refractivity contribution is 5.93. The number of carbonyl (C=O) groups is 3. The number of hydrogen-bond donors (Lipinski definition) is 3. The lowest BCUT2D eigenvalue weighted by Crippen LogP contribution is -2.62. The minimum atomic E-state index is -5.23. The van der Waals surface area contributed by atoms with E-state index in [1.807, 2.05) is 13.8 Å². The number of likely N-dealkylation sites (tertiary alicyclic amines) is 1. The summed E-state index contributed by atoms with van der Waals surface area (Å²) < 4.78 is 37.5. The lowest BCUT2D eigenvalue weighted by atomic mass is 9.95. The Bertz CT molecular complexity index is 611. The van der Waals surface area contributed by atoms with E-state index in [2.05, 4.69) is 0 Å². The van der Waals surface area contributed by atoms with Crippen LogP contribution in [0.5, 0.6) is 0 Å². The van der Waals surface area contributed by atoms with Crippen molar-refractivity contribution < 1.29 is 37.8 Å². The molecule has 0 radical (unpaired) electrons. The van der Waals surface area contributed by atoms with E-state index in [9.17, 15) is 37.8 Å². The van der Waals surface area contributed by atoms with Gasteiger partial charge in [-0.3, -0.25) is 9.59 Å². The number of carbonyl (C=O) groups excluding carboxylic acids is 2. The number of nitrogens with one attached hydrogen (secondary N) is 1. The third-order valence-electron chi connectivity index (χ3n) is 5.23. The molecule has 0 aromatic rings. The number of carboxylic acids is 1. The fourth-order valence-electron chi connectivity index (χ4n) is 3.71. The van der Waals surface area contributed by atoms with Crippen LogP contribution >= 0.6 is 0 Å². The Labute approximate surface area is 142 Å². The van der Waals surface area contributed by atoms with Crippen molar-refractivity contribution in [2.75, 3.05) is 6.54 Å². The first-order valence-electron chi connectivity index (χ1n) is 7.73. The number of piperidine rings is 1. The molecule has 25 heavy (non-hydrogen) atoms. The summed E-state index contributed by atoms with van der Waals surface area (Å²) in [5, 5.41) is 21.0. The van der Waals surface area contributed by atoms with Gasteiger partial charge >= 0.3 is 18.1 Å². The first kappa shape index (κ1) is 19.5. The molecule has 0 aromatic heterocycles. The van der Waals surface area contributed by atoms with E-state index in [-0.39, 0.29) is 23.8 Å². The summed E-state index contributed by atoms with van der Waals surface area (Å²) in [4.78, 5) is 36.4. The molecule has 0 aromatic carbocycles. The van der Waals surface area contributed by atoms with Crippen LogP contribution in [0.3, 0.4) is 0 Å². The highest BCUT2D eigenvalue weighted by Gasteiger charge is 2.70. The predicted octanol–water partition coefficient (Wildman–Crippen LogP) is 0.372. The zero-order chi connectivity index (χ0) is 19.5. The van der Waals surface area contributed by atoms with E-state index in [0.29, 0.717) is 0 Å². The minimum Gasteiger partial charge on any atom is -0.480 e. The van der Waals surface area contributed by atoms with Crippen LogP contribution in [0.2, 0.25) is 0 Å². The van der Waals surface area contributed by atoms with Crippen molar-refractivity contribution in [2.45, 2.75) is 51.6 Å². The molecule has 2 rings (SSSR count).